The maximum Gasteiger partial charge on any atom is 0.235 e. The summed E-state index contributed by atoms with van der Waals surface area (Å²) in [6.07, 6.45) is 3.33. The summed E-state index contributed by atoms with van der Waals surface area (Å²) in [6.45, 7) is 4.08. The first kappa shape index (κ1) is 10.7. The summed E-state index contributed by atoms with van der Waals surface area (Å²) in [6, 6.07) is 9.91. The average molecular weight is 189 g/mol. The van der Waals surface area contributed by atoms with E-state index < -0.39 is 0 Å². The molecule has 0 atom stereocenters. The highest BCUT2D eigenvalue weighted by atomic mass is 16.1. The topological polar surface area (TPSA) is 29.4 Å². The number of nitrogens with zero attached hydrogens (tertiary/aromatic N) is 1. The molecule has 1 aromatic rings. The van der Waals surface area contributed by atoms with Crippen LogP contribution in [0.25, 0.3) is 0 Å². The second-order valence-electron chi connectivity index (χ2n) is 3.31. The van der Waals surface area contributed by atoms with Gasteiger partial charge in [-0.25, -0.2) is 4.79 Å². The highest BCUT2D eigenvalue weighted by Crippen LogP contribution is 2.32. The van der Waals surface area contributed by atoms with Crippen molar-refractivity contribution >= 4 is 6.08 Å². The summed E-state index contributed by atoms with van der Waals surface area (Å²) < 4.78 is 0. The van der Waals surface area contributed by atoms with E-state index in [-0.39, 0.29) is 5.54 Å². The highest BCUT2D eigenvalue weighted by Gasteiger charge is 2.27. The van der Waals surface area contributed by atoms with Crippen LogP contribution in [0.4, 0.5) is 0 Å². The fraction of sp³-hybridized carbons (Fsp3) is 0.417. The molecule has 0 aliphatic carbocycles. The number of carbonyl (C=O) groups excluding carboxylic acids is 1. The molecule has 0 saturated heterocycles. The Hall–Kier alpha value is -1.40. The largest absolute Gasteiger partial charge is 0.235 e. The fourth-order valence-electron chi connectivity index (χ4n) is 1.72. The summed E-state index contributed by atoms with van der Waals surface area (Å²) in [5.74, 6) is 0. The minimum Gasteiger partial charge on any atom is -0.211 e. The van der Waals surface area contributed by atoms with Crippen molar-refractivity contribution in [2.24, 2.45) is 4.99 Å². The molecule has 0 saturated carbocycles. The van der Waals surface area contributed by atoms with Crippen LogP contribution in [0, 0.1) is 0 Å². The Morgan fingerprint density at radius 1 is 1.21 bits per heavy atom. The molecule has 0 bridgehead atoms. The summed E-state index contributed by atoms with van der Waals surface area (Å²) in [7, 11) is 0. The van der Waals surface area contributed by atoms with Crippen LogP contribution >= 0.6 is 0 Å². The van der Waals surface area contributed by atoms with Gasteiger partial charge in [-0.15, -0.1) is 0 Å². The predicted molar refractivity (Wildman–Crippen MR) is 56.8 cm³/mol. The first-order chi connectivity index (χ1) is 6.79. The van der Waals surface area contributed by atoms with E-state index in [1.54, 1.807) is 6.08 Å². The van der Waals surface area contributed by atoms with Gasteiger partial charge >= 0.3 is 0 Å². The molecule has 0 aromatic heterocycles. The lowest BCUT2D eigenvalue weighted by Crippen LogP contribution is -2.21. The first-order valence-electron chi connectivity index (χ1n) is 4.93. The summed E-state index contributed by atoms with van der Waals surface area (Å²) >= 11 is 0. The third-order valence-corrected chi connectivity index (χ3v) is 2.74. The average Bonchev–Trinajstić information content (AvgIpc) is 2.27. The summed E-state index contributed by atoms with van der Waals surface area (Å²) in [4.78, 5) is 14.4. The Morgan fingerprint density at radius 2 is 1.79 bits per heavy atom. The van der Waals surface area contributed by atoms with Crippen LogP contribution in [0.15, 0.2) is 35.3 Å². The van der Waals surface area contributed by atoms with Crippen LogP contribution < -0.4 is 0 Å². The van der Waals surface area contributed by atoms with Crippen molar-refractivity contribution in [1.29, 1.82) is 0 Å². The Balaban J connectivity index is 3.17. The van der Waals surface area contributed by atoms with Gasteiger partial charge in [-0.2, -0.15) is 4.99 Å². The van der Waals surface area contributed by atoms with Gasteiger partial charge in [0.05, 0.1) is 5.54 Å². The molecule has 2 nitrogen and oxygen atoms in total. The minimum absolute atomic E-state index is 0.372. The van der Waals surface area contributed by atoms with E-state index in [1.165, 1.54) is 0 Å². The van der Waals surface area contributed by atoms with E-state index in [0.717, 1.165) is 18.4 Å². The van der Waals surface area contributed by atoms with Gasteiger partial charge in [-0.05, 0) is 18.4 Å². The molecular weight excluding hydrogens is 174 g/mol. The second kappa shape index (κ2) is 4.73. The van der Waals surface area contributed by atoms with Crippen molar-refractivity contribution in [3.05, 3.63) is 35.9 Å². The van der Waals surface area contributed by atoms with Crippen LogP contribution in [-0.4, -0.2) is 6.08 Å². The van der Waals surface area contributed by atoms with E-state index in [1.807, 2.05) is 44.2 Å². The van der Waals surface area contributed by atoms with Gasteiger partial charge in [0.1, 0.15) is 0 Å². The third kappa shape index (κ3) is 1.91. The number of hydrogen-bond acceptors (Lipinski definition) is 2. The second-order valence-corrected chi connectivity index (χ2v) is 3.31. The Labute approximate surface area is 84.7 Å². The van der Waals surface area contributed by atoms with E-state index in [2.05, 4.69) is 4.99 Å². The molecule has 1 aromatic carbocycles. The van der Waals surface area contributed by atoms with Crippen molar-refractivity contribution in [1.82, 2.24) is 0 Å². The maximum atomic E-state index is 10.4. The smallest absolute Gasteiger partial charge is 0.211 e. The normalized spacial score (nSPS) is 10.7. The Morgan fingerprint density at radius 3 is 2.21 bits per heavy atom. The fourth-order valence-corrected chi connectivity index (χ4v) is 1.72. The van der Waals surface area contributed by atoms with Crippen molar-refractivity contribution in [2.75, 3.05) is 0 Å². The van der Waals surface area contributed by atoms with Gasteiger partial charge < -0.3 is 0 Å². The van der Waals surface area contributed by atoms with Gasteiger partial charge in [0.15, 0.2) is 0 Å². The molecule has 0 spiro atoms. The van der Waals surface area contributed by atoms with E-state index >= 15 is 0 Å². The lowest BCUT2D eigenvalue weighted by atomic mass is 9.85. The molecule has 74 valence electrons. The molecule has 2 heteroatoms. The van der Waals surface area contributed by atoms with Crippen molar-refractivity contribution in [2.45, 2.75) is 32.2 Å². The monoisotopic (exact) mass is 189 g/mol. The van der Waals surface area contributed by atoms with Gasteiger partial charge in [-0.3, -0.25) is 0 Å². The van der Waals surface area contributed by atoms with Crippen molar-refractivity contribution in [3.8, 4) is 0 Å². The SMILES string of the molecule is CCC(CC)(N=C=O)c1ccccc1. The highest BCUT2D eigenvalue weighted by molar-refractivity contribution is 5.38. The molecule has 0 amide bonds. The third-order valence-electron chi connectivity index (χ3n) is 2.74. The molecule has 1 rings (SSSR count). The van der Waals surface area contributed by atoms with Crippen LogP contribution in [-0.2, 0) is 10.3 Å². The molecule has 0 fully saturated rings. The number of hydrogen-bond donors (Lipinski definition) is 0. The van der Waals surface area contributed by atoms with Crippen molar-refractivity contribution in [3.63, 3.8) is 0 Å². The Kier molecular flexibility index (Phi) is 3.61. The molecule has 0 aliphatic rings. The first-order valence-corrected chi connectivity index (χ1v) is 4.93. The molecular formula is C12H15NO. The van der Waals surface area contributed by atoms with E-state index in [9.17, 15) is 4.79 Å². The van der Waals surface area contributed by atoms with Crippen LogP contribution in [0.5, 0.6) is 0 Å². The summed E-state index contributed by atoms with van der Waals surface area (Å²) in [5, 5.41) is 0. The van der Waals surface area contributed by atoms with E-state index in [0.29, 0.717) is 0 Å². The lowest BCUT2D eigenvalue weighted by Gasteiger charge is -2.25. The number of rotatable bonds is 4. The molecule has 14 heavy (non-hydrogen) atoms. The van der Waals surface area contributed by atoms with Gasteiger partial charge in [0.25, 0.3) is 0 Å². The molecule has 0 N–H and O–H groups in total. The molecule has 0 unspecified atom stereocenters. The molecule has 0 radical (unpaired) electrons. The zero-order valence-electron chi connectivity index (χ0n) is 8.66. The lowest BCUT2D eigenvalue weighted by molar-refractivity contribution is 0.411. The van der Waals surface area contributed by atoms with Crippen LogP contribution in [0.2, 0.25) is 0 Å². The van der Waals surface area contributed by atoms with Gasteiger partial charge in [0.2, 0.25) is 6.08 Å². The zero-order valence-corrected chi connectivity index (χ0v) is 8.66. The predicted octanol–water partition coefficient (Wildman–Crippen LogP) is 3.04. The van der Waals surface area contributed by atoms with Crippen molar-refractivity contribution < 1.29 is 4.79 Å². The Bertz CT molecular complexity index is 321. The van der Waals surface area contributed by atoms with Crippen LogP contribution in [0.1, 0.15) is 32.3 Å². The quantitative estimate of drug-likeness (QED) is 0.528. The zero-order chi connectivity index (χ0) is 10.4. The summed E-state index contributed by atoms with van der Waals surface area (Å²) in [5.41, 5.74) is 0.719. The van der Waals surface area contributed by atoms with Gasteiger partial charge in [-0.1, -0.05) is 44.2 Å². The number of aliphatic imine (C=N–C) groups is 1. The maximum absolute atomic E-state index is 10.4. The molecule has 0 heterocycles. The van der Waals surface area contributed by atoms with Gasteiger partial charge in [0, 0.05) is 0 Å². The van der Waals surface area contributed by atoms with E-state index in [4.69, 9.17) is 0 Å². The molecule has 0 aliphatic heterocycles. The van der Waals surface area contributed by atoms with Crippen LogP contribution in [0.3, 0.4) is 0 Å². The standard InChI is InChI=1S/C12H15NO/c1-3-12(4-2,13-10-14)11-8-6-5-7-9-11/h5-9H,3-4H2,1-2H3. The minimum atomic E-state index is -0.372. The number of benzene rings is 1. The number of isocyanates is 1.